The van der Waals surface area contributed by atoms with Crippen LogP contribution in [0.3, 0.4) is 0 Å². The predicted molar refractivity (Wildman–Crippen MR) is 336 cm³/mol. The topological polar surface area (TPSA) is 338 Å². The highest BCUT2D eigenvalue weighted by Gasteiger charge is 2.51. The van der Waals surface area contributed by atoms with Gasteiger partial charge in [-0.1, -0.05) is 49.1 Å². The number of carbonyl (C=O) groups excluding carboxylic acids is 7. The lowest BCUT2D eigenvalue weighted by molar-refractivity contribution is -0.175. The van der Waals surface area contributed by atoms with E-state index in [9.17, 15) is 46.8 Å². The fourth-order valence-electron chi connectivity index (χ4n) is 10.6. The van der Waals surface area contributed by atoms with Gasteiger partial charge in [-0.2, -0.15) is 0 Å². The van der Waals surface area contributed by atoms with E-state index in [4.69, 9.17) is 34.4 Å². The van der Waals surface area contributed by atoms with Gasteiger partial charge in [0, 0.05) is 91.9 Å². The van der Waals surface area contributed by atoms with Gasteiger partial charge in [0.25, 0.3) is 5.56 Å². The number of aromatic nitrogens is 4. The first-order chi connectivity index (χ1) is 43.1. The predicted octanol–water partition coefficient (Wildman–Crippen LogP) is 5.42. The van der Waals surface area contributed by atoms with Gasteiger partial charge in [0.1, 0.15) is 32.5 Å². The lowest BCUT2D eigenvalue weighted by atomic mass is 9.85. The second kappa shape index (κ2) is 30.9. The largest absolute Gasteiger partial charge is 0.510 e. The molecular weight excluding hydrogens is 1190 g/mol. The molecule has 5 heterocycles. The van der Waals surface area contributed by atoms with E-state index in [0.717, 1.165) is 22.8 Å². The molecule has 0 aliphatic carbocycles. The number of nitrogens with one attached hydrogen (secondary N) is 4. The van der Waals surface area contributed by atoms with Gasteiger partial charge in [0.05, 0.1) is 40.2 Å². The van der Waals surface area contributed by atoms with Crippen molar-refractivity contribution in [3.05, 3.63) is 111 Å². The summed E-state index contributed by atoms with van der Waals surface area (Å²) >= 11 is 0. The second-order valence-corrected chi connectivity index (χ2v) is 25.9. The Morgan fingerprint density at radius 3 is 2.33 bits per heavy atom. The van der Waals surface area contributed by atoms with Crippen LogP contribution in [-0.4, -0.2) is 143 Å². The summed E-state index contributed by atoms with van der Waals surface area (Å²) in [5.74, 6) is 3.06. The molecule has 26 heteroatoms. The number of pyridine rings is 2. The number of benzene rings is 2. The number of unbranched alkanes of at least 4 members (excludes halogenated alkanes) is 2. The lowest BCUT2D eigenvalue weighted by Gasteiger charge is -2.35. The summed E-state index contributed by atoms with van der Waals surface area (Å²) in [6, 6.07) is 14.7. The third-order valence-corrected chi connectivity index (χ3v) is 16.4. The van der Waals surface area contributed by atoms with E-state index < -0.39 is 81.2 Å². The van der Waals surface area contributed by atoms with Crippen LogP contribution in [0.25, 0.3) is 22.3 Å². The number of fused-ring (bicyclic) bond motifs is 5. The Hall–Kier alpha value is -8.64. The van der Waals surface area contributed by atoms with E-state index in [1.54, 1.807) is 53.6 Å². The van der Waals surface area contributed by atoms with Crippen molar-refractivity contribution in [1.82, 2.24) is 40.4 Å². The fourth-order valence-corrected chi connectivity index (χ4v) is 11.1. The van der Waals surface area contributed by atoms with E-state index in [1.165, 1.54) is 12.4 Å². The van der Waals surface area contributed by atoms with Gasteiger partial charge >= 0.3 is 12.1 Å². The fraction of sp³-hybridized carbons (Fsp3) is 0.492. The highest BCUT2D eigenvalue weighted by atomic mass is 32.2. The average molecular weight is 1280 g/mol. The summed E-state index contributed by atoms with van der Waals surface area (Å²) < 4.78 is 53.1. The van der Waals surface area contributed by atoms with Crippen molar-refractivity contribution in [2.45, 2.75) is 167 Å². The van der Waals surface area contributed by atoms with Crippen molar-refractivity contribution >= 4 is 68.1 Å². The number of cyclic esters (lactones) is 1. The number of sulfone groups is 1. The van der Waals surface area contributed by atoms with Crippen molar-refractivity contribution < 1.29 is 65.7 Å². The van der Waals surface area contributed by atoms with Crippen molar-refractivity contribution in [2.24, 2.45) is 5.73 Å². The van der Waals surface area contributed by atoms with E-state index in [1.807, 2.05) is 65.8 Å². The molecule has 5 amide bonds. The first kappa shape index (κ1) is 69.8. The van der Waals surface area contributed by atoms with Gasteiger partial charge in [0.15, 0.2) is 0 Å². The molecule has 2 aromatic carbocycles. The van der Waals surface area contributed by atoms with Crippen LogP contribution in [0.1, 0.15) is 140 Å². The lowest BCUT2D eigenvalue weighted by Crippen LogP contribution is -2.48. The van der Waals surface area contributed by atoms with Crippen LogP contribution < -0.4 is 32.6 Å². The average Bonchev–Trinajstić information content (AvgIpc) is 1.69. The monoisotopic (exact) mass is 1270 g/mol. The van der Waals surface area contributed by atoms with E-state index in [0.29, 0.717) is 85.3 Å². The molecule has 5 aromatic rings. The van der Waals surface area contributed by atoms with Crippen molar-refractivity contribution in [1.29, 1.82) is 0 Å². The molecule has 25 nitrogen and oxygen atoms in total. The van der Waals surface area contributed by atoms with Gasteiger partial charge < -0.3 is 60.2 Å². The molecule has 91 heavy (non-hydrogen) atoms. The quantitative estimate of drug-likeness (QED) is 0.0163. The van der Waals surface area contributed by atoms with E-state index in [-0.39, 0.29) is 86.3 Å². The molecule has 2 atom stereocenters. The number of ether oxygens (including phenoxy) is 5. The third-order valence-electron chi connectivity index (χ3n) is 15.5. The normalized spacial score (nSPS) is 14.6. The van der Waals surface area contributed by atoms with Gasteiger partial charge in [-0.05, 0) is 128 Å². The number of rotatable bonds is 30. The number of amides is 5. The van der Waals surface area contributed by atoms with Crippen LogP contribution in [0.15, 0.2) is 76.9 Å². The number of nitrogens with zero attached hydrogens (tertiary/aromatic N) is 5. The second-order valence-electron chi connectivity index (χ2n) is 24.0. The Morgan fingerprint density at radius 2 is 1.65 bits per heavy atom. The van der Waals surface area contributed by atoms with E-state index >= 15 is 0 Å². The third kappa shape index (κ3) is 18.7. The minimum atomic E-state index is -3.51. The number of anilines is 1. The Balaban J connectivity index is 0.857. The Morgan fingerprint density at radius 1 is 0.934 bits per heavy atom. The number of nitrogens with two attached hydrogens (primary N) is 1. The molecule has 2 aliphatic rings. The summed E-state index contributed by atoms with van der Waals surface area (Å²) in [5.41, 5.74) is 6.91. The van der Waals surface area contributed by atoms with Crippen LogP contribution in [0.2, 0.25) is 0 Å². The molecule has 7 rings (SSSR count). The summed E-state index contributed by atoms with van der Waals surface area (Å²) in [6.45, 7) is 14.3. The molecule has 0 saturated heterocycles. The van der Waals surface area contributed by atoms with Crippen molar-refractivity contribution in [3.63, 3.8) is 0 Å². The van der Waals surface area contributed by atoms with Crippen molar-refractivity contribution in [3.8, 4) is 23.2 Å². The number of hydrogen-bond acceptors (Lipinski definition) is 19. The first-order valence-electron chi connectivity index (χ1n) is 30.3. The van der Waals surface area contributed by atoms with Crippen molar-refractivity contribution in [2.75, 3.05) is 51.0 Å². The molecular formula is C65H82N10O15S. The van der Waals surface area contributed by atoms with Gasteiger partial charge in [-0.25, -0.2) is 33.0 Å². The Kier molecular flexibility index (Phi) is 23.7. The zero-order valence-electron chi connectivity index (χ0n) is 53.1. The molecule has 0 spiro atoms. The highest BCUT2D eigenvalue weighted by molar-refractivity contribution is 7.90. The van der Waals surface area contributed by atoms with Crippen LogP contribution in [0.4, 0.5) is 10.5 Å². The highest BCUT2D eigenvalue weighted by Crippen LogP contribution is 2.42. The zero-order chi connectivity index (χ0) is 66.3. The maximum Gasteiger partial charge on any atom is 0.510 e. The van der Waals surface area contributed by atoms with Gasteiger partial charge in [-0.15, -0.1) is 0 Å². The van der Waals surface area contributed by atoms with E-state index in [2.05, 4.69) is 43.1 Å². The van der Waals surface area contributed by atoms with Crippen LogP contribution in [0.5, 0.6) is 0 Å². The molecule has 0 radical (unpaired) electrons. The molecule has 0 fully saturated rings. The minimum absolute atomic E-state index is 0.0262. The zero-order valence-corrected chi connectivity index (χ0v) is 53.9. The number of carbonyl (C=O) groups is 7. The summed E-state index contributed by atoms with van der Waals surface area (Å²) in [5, 5.41) is 11.9. The maximum atomic E-state index is 14.4. The van der Waals surface area contributed by atoms with Crippen LogP contribution in [-0.2, 0) is 94.1 Å². The SMILES string of the molecule is CC[C@@]1(OC(=O)OCc2ccc(NC(=O)[C@H](CCCCN)NC(=O)COCC(=O)NC(C)(C)CCOC(C)(C)CNC(=O)CCCC#Cc3cnc(S(C)(=O)=O)nc3)cc2)C(=O)OCc2c1cc1n(c2=O)Cc2c-1nc1ccccc1c2CCN(C(C)=O)C(C)C. The molecule has 3 aromatic heterocycles. The smallest absolute Gasteiger partial charge is 0.457 e. The van der Waals surface area contributed by atoms with Gasteiger partial charge in [-0.3, -0.25) is 28.8 Å². The van der Waals surface area contributed by atoms with Crippen LogP contribution >= 0.6 is 0 Å². The molecule has 2 aliphatic heterocycles. The summed E-state index contributed by atoms with van der Waals surface area (Å²) in [6.07, 6.45) is 5.83. The maximum absolute atomic E-state index is 14.4. The first-order valence-corrected chi connectivity index (χ1v) is 32.2. The van der Waals surface area contributed by atoms with Gasteiger partial charge in [0.2, 0.25) is 50.1 Å². The number of esters is 1. The Labute approximate surface area is 529 Å². The molecule has 0 saturated carbocycles. The summed E-state index contributed by atoms with van der Waals surface area (Å²) in [4.78, 5) is 121. The number of hydrogen-bond donors (Lipinski definition) is 5. The molecule has 488 valence electrons. The minimum Gasteiger partial charge on any atom is -0.457 e. The van der Waals surface area contributed by atoms with Crippen LogP contribution in [0, 0.1) is 11.8 Å². The standard InChI is InChI=1S/C65H82N10O15S/c1-10-65(50-32-53-57-48(35-75(53)59(81)49(50)37-87-60(65)82)46(27-30-74(41(2)3)42(4)76)47-19-14-15-20-51(47)72-57)90-62(83)88-36-43-23-25-45(26-24-43)70-58(80)52(21-16-17-29-66)71-55(78)38-86-39-56(79)73-63(5,6)28-31-89-64(7,8)40-69-54(77)22-13-11-12-18-44-33-67-61(68-34-44)91(9,84)85/h14-15,19-20,23-26,32-34,41,52H,10-11,13,16-17,21-22,27-31,35-40,66H2,1-9H3,(H,69,77)(H,70,80)(H,71,78)(H,73,79)/t52-,65-/m0/s1. The molecule has 6 N–H and O–H groups in total. The molecule has 0 bridgehead atoms. The molecule has 0 unspecified atom stereocenters. The Bertz CT molecular complexity index is 3750. The number of para-hydroxylation sites is 1. The summed E-state index contributed by atoms with van der Waals surface area (Å²) in [7, 11) is -3.51.